The summed E-state index contributed by atoms with van der Waals surface area (Å²) in [5, 5.41) is 12.2. The third kappa shape index (κ3) is 1.86. The molecule has 0 aliphatic heterocycles. The molecule has 0 bridgehead atoms. The van der Waals surface area contributed by atoms with E-state index in [1.807, 2.05) is 6.07 Å². The van der Waals surface area contributed by atoms with Gasteiger partial charge in [0, 0.05) is 0 Å². The number of hydrogen-bond donors (Lipinski definition) is 0. The lowest BCUT2D eigenvalue weighted by Crippen LogP contribution is -2.16. The van der Waals surface area contributed by atoms with Gasteiger partial charge in [-0.15, -0.1) is 0 Å². The first-order chi connectivity index (χ1) is 7.70. The number of hydrogen-bond acceptors (Lipinski definition) is 4. The average Bonchev–Trinajstić information content (AvgIpc) is 2.62. The highest BCUT2D eigenvalue weighted by Gasteiger charge is 2.06. The molecule has 0 saturated carbocycles. The highest BCUT2D eigenvalue weighted by atomic mass is 16.5. The van der Waals surface area contributed by atoms with Gasteiger partial charge in [-0.3, -0.25) is 9.09 Å². The van der Waals surface area contributed by atoms with E-state index in [2.05, 4.69) is 9.68 Å². The topological polar surface area (TPSA) is 71.8 Å². The Kier molecular flexibility index (Phi) is 2.56. The minimum Gasteiger partial charge on any atom is -0.296 e. The van der Waals surface area contributed by atoms with Crippen LogP contribution in [-0.2, 0) is 6.54 Å². The highest BCUT2D eigenvalue weighted by molar-refractivity contribution is 5.31. The SMILES string of the molecule is Cc1noc(=O)n1Cc1ccc(C#N)cc1. The molecule has 0 aliphatic rings. The summed E-state index contributed by atoms with van der Waals surface area (Å²) in [6.07, 6.45) is 0. The van der Waals surface area contributed by atoms with Gasteiger partial charge in [-0.1, -0.05) is 17.3 Å². The lowest BCUT2D eigenvalue weighted by molar-refractivity contribution is 0.375. The maximum atomic E-state index is 11.2. The van der Waals surface area contributed by atoms with E-state index >= 15 is 0 Å². The molecule has 5 nitrogen and oxygen atoms in total. The van der Waals surface area contributed by atoms with E-state index in [1.165, 1.54) is 4.57 Å². The van der Waals surface area contributed by atoms with Crippen molar-refractivity contribution in [3.63, 3.8) is 0 Å². The van der Waals surface area contributed by atoms with Crippen molar-refractivity contribution in [2.24, 2.45) is 0 Å². The van der Waals surface area contributed by atoms with E-state index in [4.69, 9.17) is 5.26 Å². The smallest absolute Gasteiger partial charge is 0.296 e. The molecule has 0 N–H and O–H groups in total. The normalized spacial score (nSPS) is 10.0. The van der Waals surface area contributed by atoms with Crippen LogP contribution in [-0.4, -0.2) is 9.72 Å². The van der Waals surface area contributed by atoms with Gasteiger partial charge < -0.3 is 0 Å². The van der Waals surface area contributed by atoms with E-state index < -0.39 is 5.76 Å². The highest BCUT2D eigenvalue weighted by Crippen LogP contribution is 2.05. The Bertz CT molecular complexity index is 587. The van der Waals surface area contributed by atoms with Gasteiger partial charge in [0.25, 0.3) is 0 Å². The molecule has 0 saturated heterocycles. The Morgan fingerprint density at radius 3 is 2.62 bits per heavy atom. The van der Waals surface area contributed by atoms with Crippen molar-refractivity contribution in [3.05, 3.63) is 51.8 Å². The summed E-state index contributed by atoms with van der Waals surface area (Å²) >= 11 is 0. The molecular weight excluding hydrogens is 206 g/mol. The quantitative estimate of drug-likeness (QED) is 0.751. The van der Waals surface area contributed by atoms with Gasteiger partial charge in [0.2, 0.25) is 0 Å². The molecule has 0 radical (unpaired) electrons. The Morgan fingerprint density at radius 2 is 2.12 bits per heavy atom. The van der Waals surface area contributed by atoms with Gasteiger partial charge in [0.05, 0.1) is 18.2 Å². The van der Waals surface area contributed by atoms with Crippen LogP contribution in [0.2, 0.25) is 0 Å². The third-order valence-corrected chi connectivity index (χ3v) is 2.29. The molecule has 0 unspecified atom stereocenters. The number of nitriles is 1. The van der Waals surface area contributed by atoms with E-state index in [1.54, 1.807) is 31.2 Å². The number of rotatable bonds is 2. The summed E-state index contributed by atoms with van der Waals surface area (Å²) in [5.41, 5.74) is 1.52. The van der Waals surface area contributed by atoms with E-state index in [0.29, 0.717) is 17.9 Å². The molecule has 0 atom stereocenters. The van der Waals surface area contributed by atoms with Gasteiger partial charge >= 0.3 is 5.76 Å². The lowest BCUT2D eigenvalue weighted by atomic mass is 10.1. The van der Waals surface area contributed by atoms with Crippen LogP contribution in [0.25, 0.3) is 0 Å². The summed E-state index contributed by atoms with van der Waals surface area (Å²) in [4.78, 5) is 11.2. The Morgan fingerprint density at radius 1 is 1.44 bits per heavy atom. The monoisotopic (exact) mass is 215 g/mol. The van der Waals surface area contributed by atoms with Crippen molar-refractivity contribution in [1.82, 2.24) is 9.72 Å². The maximum absolute atomic E-state index is 11.2. The van der Waals surface area contributed by atoms with Gasteiger partial charge in [0.15, 0.2) is 5.82 Å². The van der Waals surface area contributed by atoms with Crippen LogP contribution in [0, 0.1) is 18.3 Å². The molecule has 1 heterocycles. The van der Waals surface area contributed by atoms with Crippen LogP contribution in [0.15, 0.2) is 33.6 Å². The zero-order valence-electron chi connectivity index (χ0n) is 8.67. The number of aryl methyl sites for hydroxylation is 1. The molecule has 0 aliphatic carbocycles. The zero-order chi connectivity index (χ0) is 11.5. The van der Waals surface area contributed by atoms with Crippen LogP contribution >= 0.6 is 0 Å². The van der Waals surface area contributed by atoms with Crippen molar-refractivity contribution >= 4 is 0 Å². The largest absolute Gasteiger partial charge is 0.441 e. The molecule has 0 spiro atoms. The van der Waals surface area contributed by atoms with Crippen molar-refractivity contribution in [3.8, 4) is 6.07 Å². The first-order valence-corrected chi connectivity index (χ1v) is 4.73. The summed E-state index contributed by atoms with van der Waals surface area (Å²) < 4.78 is 5.95. The Hall–Kier alpha value is -2.35. The molecular formula is C11H9N3O2. The number of benzene rings is 1. The fourth-order valence-electron chi connectivity index (χ4n) is 1.38. The van der Waals surface area contributed by atoms with Crippen LogP contribution in [0.4, 0.5) is 0 Å². The van der Waals surface area contributed by atoms with Crippen molar-refractivity contribution in [1.29, 1.82) is 5.26 Å². The van der Waals surface area contributed by atoms with Gasteiger partial charge in [-0.25, -0.2) is 4.79 Å². The number of nitrogens with zero attached hydrogens (tertiary/aromatic N) is 3. The molecule has 0 fully saturated rings. The summed E-state index contributed by atoms with van der Waals surface area (Å²) in [7, 11) is 0. The predicted molar refractivity (Wildman–Crippen MR) is 55.8 cm³/mol. The van der Waals surface area contributed by atoms with Crippen LogP contribution in [0.5, 0.6) is 0 Å². The molecule has 2 aromatic rings. The number of aromatic nitrogens is 2. The molecule has 0 amide bonds. The first-order valence-electron chi connectivity index (χ1n) is 4.73. The fourth-order valence-corrected chi connectivity index (χ4v) is 1.38. The summed E-state index contributed by atoms with van der Waals surface area (Å²) in [5.74, 6) is 0.0659. The van der Waals surface area contributed by atoms with Gasteiger partial charge in [-0.2, -0.15) is 5.26 Å². The molecule has 1 aromatic heterocycles. The van der Waals surface area contributed by atoms with Gasteiger partial charge in [-0.05, 0) is 24.6 Å². The van der Waals surface area contributed by atoms with Crippen LogP contribution < -0.4 is 5.76 Å². The second-order valence-electron chi connectivity index (χ2n) is 3.39. The standard InChI is InChI=1S/C11H9N3O2/c1-8-13-16-11(15)14(8)7-10-4-2-9(6-12)3-5-10/h2-5H,7H2,1H3. The Labute approximate surface area is 91.5 Å². The second kappa shape index (κ2) is 4.03. The average molecular weight is 215 g/mol. The summed E-state index contributed by atoms with van der Waals surface area (Å²) in [6.45, 7) is 2.11. The minimum absolute atomic E-state index is 0.403. The van der Waals surface area contributed by atoms with Crippen molar-refractivity contribution in [2.75, 3.05) is 0 Å². The predicted octanol–water partition coefficient (Wildman–Crippen LogP) is 1.06. The first kappa shape index (κ1) is 10.2. The minimum atomic E-state index is -0.471. The zero-order valence-corrected chi connectivity index (χ0v) is 8.67. The molecule has 2 rings (SSSR count). The van der Waals surface area contributed by atoms with E-state index in [0.717, 1.165) is 5.56 Å². The molecule has 16 heavy (non-hydrogen) atoms. The lowest BCUT2D eigenvalue weighted by Gasteiger charge is -2.01. The van der Waals surface area contributed by atoms with Crippen LogP contribution in [0.3, 0.4) is 0 Å². The summed E-state index contributed by atoms with van der Waals surface area (Å²) in [6, 6.07) is 9.07. The third-order valence-electron chi connectivity index (χ3n) is 2.29. The van der Waals surface area contributed by atoms with E-state index in [-0.39, 0.29) is 0 Å². The molecule has 80 valence electrons. The van der Waals surface area contributed by atoms with E-state index in [9.17, 15) is 4.79 Å². The maximum Gasteiger partial charge on any atom is 0.441 e. The van der Waals surface area contributed by atoms with Crippen molar-refractivity contribution in [2.45, 2.75) is 13.5 Å². The van der Waals surface area contributed by atoms with Gasteiger partial charge in [0.1, 0.15) is 0 Å². The van der Waals surface area contributed by atoms with Crippen LogP contribution in [0.1, 0.15) is 17.0 Å². The fraction of sp³-hybridized carbons (Fsp3) is 0.182. The Balaban J connectivity index is 2.28. The molecule has 1 aromatic carbocycles. The second-order valence-corrected chi connectivity index (χ2v) is 3.39. The van der Waals surface area contributed by atoms with Crippen molar-refractivity contribution < 1.29 is 4.52 Å². The molecule has 5 heteroatoms.